The summed E-state index contributed by atoms with van der Waals surface area (Å²) in [6, 6.07) is 8.31. The molecule has 0 radical (unpaired) electrons. The molecule has 0 fully saturated rings. The average molecular weight is 353 g/mol. The number of thiocarbonyl (C=S) groups is 1. The monoisotopic (exact) mass is 352 g/mol. The zero-order valence-corrected chi connectivity index (χ0v) is 13.4. The van der Waals surface area contributed by atoms with E-state index in [1.807, 2.05) is 23.5 Å². The van der Waals surface area contributed by atoms with Gasteiger partial charge in [0.2, 0.25) is 0 Å². The van der Waals surface area contributed by atoms with Gasteiger partial charge in [0, 0.05) is 28.0 Å². The molecule has 1 aromatic carbocycles. The van der Waals surface area contributed by atoms with Crippen LogP contribution in [0.1, 0.15) is 16.0 Å². The molecule has 1 aliphatic heterocycles. The number of benzene rings is 1. The fourth-order valence-corrected chi connectivity index (χ4v) is 4.02. The van der Waals surface area contributed by atoms with Crippen molar-refractivity contribution < 1.29 is 0 Å². The summed E-state index contributed by atoms with van der Waals surface area (Å²) >= 11 is 10.5. The number of nitrogens with two attached hydrogens (primary N) is 1. The van der Waals surface area contributed by atoms with E-state index < -0.39 is 0 Å². The van der Waals surface area contributed by atoms with Gasteiger partial charge in [0.25, 0.3) is 0 Å². The van der Waals surface area contributed by atoms with Crippen LogP contribution >= 0.6 is 39.5 Å². The van der Waals surface area contributed by atoms with E-state index in [9.17, 15) is 0 Å². The van der Waals surface area contributed by atoms with Crippen molar-refractivity contribution in [2.75, 3.05) is 11.4 Å². The summed E-state index contributed by atoms with van der Waals surface area (Å²) in [5.74, 6) is 0. The van der Waals surface area contributed by atoms with E-state index >= 15 is 0 Å². The molecule has 1 aliphatic rings. The molecule has 0 saturated carbocycles. The first-order valence-corrected chi connectivity index (χ1v) is 8.13. The van der Waals surface area contributed by atoms with Gasteiger partial charge in [-0.25, -0.2) is 0 Å². The molecule has 2 heterocycles. The molecule has 3 rings (SSSR count). The Morgan fingerprint density at radius 3 is 2.95 bits per heavy atom. The zero-order chi connectivity index (χ0) is 13.4. The van der Waals surface area contributed by atoms with Gasteiger partial charge in [-0.05, 0) is 57.6 Å². The van der Waals surface area contributed by atoms with Crippen molar-refractivity contribution in [1.82, 2.24) is 0 Å². The fourth-order valence-electron chi connectivity index (χ4n) is 2.37. The van der Waals surface area contributed by atoms with Crippen molar-refractivity contribution in [3.05, 3.63) is 50.1 Å². The Hall–Kier alpha value is -0.910. The van der Waals surface area contributed by atoms with E-state index in [0.717, 1.165) is 29.5 Å². The molecule has 0 aliphatic carbocycles. The van der Waals surface area contributed by atoms with Crippen molar-refractivity contribution in [3.8, 4) is 0 Å². The molecular weight excluding hydrogens is 340 g/mol. The summed E-state index contributed by atoms with van der Waals surface area (Å²) in [5, 5.41) is 2.18. The van der Waals surface area contributed by atoms with Gasteiger partial charge in [0.1, 0.15) is 4.99 Å². The Labute approximate surface area is 130 Å². The van der Waals surface area contributed by atoms with Gasteiger partial charge < -0.3 is 10.6 Å². The Balaban J connectivity index is 1.90. The lowest BCUT2D eigenvalue weighted by Gasteiger charge is -2.30. The summed E-state index contributed by atoms with van der Waals surface area (Å²) in [4.78, 5) is 4.35. The van der Waals surface area contributed by atoms with Gasteiger partial charge in [-0.1, -0.05) is 12.2 Å². The Morgan fingerprint density at radius 1 is 1.37 bits per heavy atom. The first kappa shape index (κ1) is 13.1. The predicted molar refractivity (Wildman–Crippen MR) is 89.1 cm³/mol. The number of fused-ring (bicyclic) bond motifs is 1. The van der Waals surface area contributed by atoms with Crippen molar-refractivity contribution in [2.45, 2.75) is 13.0 Å². The van der Waals surface area contributed by atoms with Crippen LogP contribution < -0.4 is 10.6 Å². The van der Waals surface area contributed by atoms with Gasteiger partial charge in [0.05, 0.1) is 5.69 Å². The topological polar surface area (TPSA) is 29.3 Å². The Morgan fingerprint density at radius 2 is 2.21 bits per heavy atom. The van der Waals surface area contributed by atoms with Crippen LogP contribution in [0.4, 0.5) is 5.69 Å². The summed E-state index contributed by atoms with van der Waals surface area (Å²) in [5.41, 5.74) is 9.21. The highest BCUT2D eigenvalue weighted by atomic mass is 79.9. The highest BCUT2D eigenvalue weighted by Gasteiger charge is 2.19. The fraction of sp³-hybridized carbons (Fsp3) is 0.214. The van der Waals surface area contributed by atoms with Crippen molar-refractivity contribution in [2.24, 2.45) is 5.73 Å². The standard InChI is InChI=1S/C14H13BrN2S2/c15-11-7-9(14(16)18)1-2-12(11)17-5-3-13-10(8-17)4-6-19-13/h1-2,4,6-7H,3,5,8H2,(H2,16,18). The molecule has 0 atom stereocenters. The molecule has 19 heavy (non-hydrogen) atoms. The molecule has 2 nitrogen and oxygen atoms in total. The number of nitrogens with zero attached hydrogens (tertiary/aromatic N) is 1. The van der Waals surface area contributed by atoms with E-state index in [0.29, 0.717) is 4.99 Å². The molecule has 0 bridgehead atoms. The van der Waals surface area contributed by atoms with Gasteiger partial charge in [-0.2, -0.15) is 0 Å². The van der Waals surface area contributed by atoms with Crippen molar-refractivity contribution in [3.63, 3.8) is 0 Å². The summed E-state index contributed by atoms with van der Waals surface area (Å²) in [7, 11) is 0. The summed E-state index contributed by atoms with van der Waals surface area (Å²) < 4.78 is 1.05. The van der Waals surface area contributed by atoms with E-state index in [1.54, 1.807) is 0 Å². The largest absolute Gasteiger partial charge is 0.389 e. The maximum absolute atomic E-state index is 5.66. The average Bonchev–Trinajstić information content (AvgIpc) is 2.85. The van der Waals surface area contributed by atoms with Crippen LogP contribution in [0.15, 0.2) is 34.1 Å². The van der Waals surface area contributed by atoms with Crippen LogP contribution in [0, 0.1) is 0 Å². The normalized spacial score (nSPS) is 14.3. The predicted octanol–water partition coefficient (Wildman–Crippen LogP) is 3.71. The number of hydrogen-bond donors (Lipinski definition) is 1. The molecule has 0 amide bonds. The van der Waals surface area contributed by atoms with Gasteiger partial charge in [0.15, 0.2) is 0 Å². The lowest BCUT2D eigenvalue weighted by atomic mass is 10.1. The molecule has 0 unspecified atom stereocenters. The van der Waals surface area contributed by atoms with Crippen LogP contribution in [-0.4, -0.2) is 11.5 Å². The van der Waals surface area contributed by atoms with Crippen LogP contribution in [0.3, 0.4) is 0 Å². The van der Waals surface area contributed by atoms with Gasteiger partial charge in [-0.3, -0.25) is 0 Å². The van der Waals surface area contributed by atoms with Gasteiger partial charge in [-0.15, -0.1) is 11.3 Å². The third kappa shape index (κ3) is 2.55. The lowest BCUT2D eigenvalue weighted by Crippen LogP contribution is -2.29. The summed E-state index contributed by atoms with van der Waals surface area (Å²) in [6.07, 6.45) is 1.12. The first-order chi connectivity index (χ1) is 9.15. The number of hydrogen-bond acceptors (Lipinski definition) is 3. The van der Waals surface area contributed by atoms with Crippen LogP contribution in [0.5, 0.6) is 0 Å². The minimum atomic E-state index is 0.436. The van der Waals surface area contributed by atoms with E-state index in [1.165, 1.54) is 16.1 Å². The third-order valence-corrected chi connectivity index (χ3v) is 5.27. The zero-order valence-electron chi connectivity index (χ0n) is 10.2. The second kappa shape index (κ2) is 5.23. The number of thiophene rings is 1. The quantitative estimate of drug-likeness (QED) is 0.835. The second-order valence-corrected chi connectivity index (χ2v) is 6.87. The molecule has 0 saturated heterocycles. The summed E-state index contributed by atoms with van der Waals surface area (Å²) in [6.45, 7) is 2.03. The van der Waals surface area contributed by atoms with E-state index in [-0.39, 0.29) is 0 Å². The van der Waals surface area contributed by atoms with Crippen molar-refractivity contribution in [1.29, 1.82) is 0 Å². The smallest absolute Gasteiger partial charge is 0.104 e. The highest BCUT2D eigenvalue weighted by molar-refractivity contribution is 9.10. The minimum Gasteiger partial charge on any atom is -0.389 e. The second-order valence-electron chi connectivity index (χ2n) is 4.57. The minimum absolute atomic E-state index is 0.436. The van der Waals surface area contributed by atoms with E-state index in [2.05, 4.69) is 38.3 Å². The molecule has 0 spiro atoms. The molecule has 2 aromatic rings. The van der Waals surface area contributed by atoms with E-state index in [4.69, 9.17) is 18.0 Å². The number of rotatable bonds is 2. The Kier molecular flexibility index (Phi) is 3.60. The molecular formula is C14H13BrN2S2. The Bertz CT molecular complexity index is 636. The lowest BCUT2D eigenvalue weighted by molar-refractivity contribution is 0.742. The highest BCUT2D eigenvalue weighted by Crippen LogP contribution is 2.32. The molecule has 5 heteroatoms. The SMILES string of the molecule is NC(=S)c1ccc(N2CCc3sccc3C2)c(Br)c1. The molecule has 1 aromatic heterocycles. The maximum Gasteiger partial charge on any atom is 0.104 e. The molecule has 2 N–H and O–H groups in total. The van der Waals surface area contributed by atoms with Crippen LogP contribution in [0.25, 0.3) is 0 Å². The van der Waals surface area contributed by atoms with Crippen molar-refractivity contribution >= 4 is 50.2 Å². The third-order valence-electron chi connectivity index (χ3n) is 3.38. The van der Waals surface area contributed by atoms with Gasteiger partial charge >= 0.3 is 0 Å². The van der Waals surface area contributed by atoms with Crippen LogP contribution in [0.2, 0.25) is 0 Å². The maximum atomic E-state index is 5.66. The number of halogens is 1. The van der Waals surface area contributed by atoms with Crippen LogP contribution in [-0.2, 0) is 13.0 Å². The number of anilines is 1. The first-order valence-electron chi connectivity index (χ1n) is 6.04. The molecule has 98 valence electrons.